The monoisotopic (exact) mass is 362 g/mol. The molecule has 0 radical (unpaired) electrons. The lowest BCUT2D eigenvalue weighted by Gasteiger charge is -2.35. The minimum Gasteiger partial charge on any atom is -0.491 e. The molecule has 0 fully saturated rings. The molecule has 3 rings (SSSR count). The van der Waals surface area contributed by atoms with Crippen LogP contribution >= 0.6 is 11.6 Å². The Morgan fingerprint density at radius 3 is 2.71 bits per heavy atom. The second-order valence-corrected chi connectivity index (χ2v) is 5.70. The first-order chi connectivity index (χ1) is 11.2. The van der Waals surface area contributed by atoms with Crippen molar-refractivity contribution in [2.75, 3.05) is 6.61 Å². The van der Waals surface area contributed by atoms with Crippen molar-refractivity contribution in [1.82, 2.24) is 4.98 Å². The third-order valence-corrected chi connectivity index (χ3v) is 3.88. The highest BCUT2D eigenvalue weighted by Crippen LogP contribution is 2.40. The number of hydrogen-bond acceptors (Lipinski definition) is 4. The minimum atomic E-state index is -4.98. The number of fused-ring (bicyclic) bond motifs is 1. The van der Waals surface area contributed by atoms with Crippen molar-refractivity contribution < 1.29 is 27.0 Å². The Hall–Kier alpha value is -2.06. The number of benzene rings is 1. The van der Waals surface area contributed by atoms with Gasteiger partial charge in [-0.15, -0.1) is 13.2 Å². The van der Waals surface area contributed by atoms with Gasteiger partial charge in [0.15, 0.2) is 11.6 Å². The number of ether oxygens (including phenoxy) is 2. The fraction of sp³-hybridized carbons (Fsp3) is 0.267. The summed E-state index contributed by atoms with van der Waals surface area (Å²) >= 11 is 5.86. The average molecular weight is 363 g/mol. The highest BCUT2D eigenvalue weighted by molar-refractivity contribution is 6.30. The van der Waals surface area contributed by atoms with E-state index in [1.807, 2.05) is 0 Å². The van der Waals surface area contributed by atoms with Crippen molar-refractivity contribution in [3.63, 3.8) is 0 Å². The molecule has 0 spiro atoms. The first-order valence-corrected chi connectivity index (χ1v) is 7.20. The maximum absolute atomic E-state index is 14.0. The summed E-state index contributed by atoms with van der Waals surface area (Å²) in [5.74, 6) is -1.74. The first kappa shape index (κ1) is 16.8. The normalized spacial score (nSPS) is 20.2. The second-order valence-electron chi connectivity index (χ2n) is 5.26. The number of nitrogens with zero attached hydrogens (tertiary/aromatic N) is 1. The van der Waals surface area contributed by atoms with E-state index in [0.717, 1.165) is 12.1 Å². The molecule has 1 aromatic carbocycles. The van der Waals surface area contributed by atoms with E-state index in [1.54, 1.807) is 0 Å². The largest absolute Gasteiger partial charge is 0.573 e. The van der Waals surface area contributed by atoms with Crippen LogP contribution < -0.4 is 15.2 Å². The van der Waals surface area contributed by atoms with E-state index in [2.05, 4.69) is 9.72 Å². The van der Waals surface area contributed by atoms with Gasteiger partial charge in [0.05, 0.1) is 17.2 Å². The third-order valence-electron chi connectivity index (χ3n) is 3.67. The molecule has 9 heteroatoms. The van der Waals surface area contributed by atoms with E-state index in [4.69, 9.17) is 22.1 Å². The lowest BCUT2D eigenvalue weighted by Crippen LogP contribution is -2.43. The van der Waals surface area contributed by atoms with Crippen LogP contribution in [0.5, 0.6) is 11.5 Å². The number of pyridine rings is 1. The molecule has 0 unspecified atom stereocenters. The molecule has 128 valence electrons. The lowest BCUT2D eigenvalue weighted by molar-refractivity contribution is -0.275. The quantitative estimate of drug-likeness (QED) is 0.826. The summed E-state index contributed by atoms with van der Waals surface area (Å²) in [5.41, 5.74) is 5.75. The number of nitrogens with two attached hydrogens (primary N) is 1. The predicted octanol–water partition coefficient (Wildman–Crippen LogP) is 3.76. The summed E-state index contributed by atoms with van der Waals surface area (Å²) in [6.07, 6.45) is -3.34. The zero-order valence-electron chi connectivity index (χ0n) is 12.0. The number of rotatable bonds is 2. The minimum absolute atomic E-state index is 0.230. The molecule has 0 bridgehead atoms. The van der Waals surface area contributed by atoms with Crippen molar-refractivity contribution in [1.29, 1.82) is 0 Å². The second kappa shape index (κ2) is 5.78. The highest BCUT2D eigenvalue weighted by atomic mass is 35.5. The zero-order chi connectivity index (χ0) is 17.5. The Balaban J connectivity index is 2.02. The van der Waals surface area contributed by atoms with Crippen molar-refractivity contribution >= 4 is 11.6 Å². The fourth-order valence-electron chi connectivity index (χ4n) is 2.57. The summed E-state index contributed by atoms with van der Waals surface area (Å²) in [4.78, 5) is 4.14. The SMILES string of the molecule is N[C@]1(c2ccc(OC(F)(F)F)c(F)c2)CCOc2cc(Cl)cnc21. The molecule has 1 atom stereocenters. The highest BCUT2D eigenvalue weighted by Gasteiger charge is 2.39. The van der Waals surface area contributed by atoms with E-state index in [-0.39, 0.29) is 18.6 Å². The van der Waals surface area contributed by atoms with Crippen LogP contribution in [0.1, 0.15) is 17.7 Å². The van der Waals surface area contributed by atoms with E-state index in [1.165, 1.54) is 18.3 Å². The number of aromatic nitrogens is 1. The predicted molar refractivity (Wildman–Crippen MR) is 77.4 cm³/mol. The first-order valence-electron chi connectivity index (χ1n) is 6.82. The van der Waals surface area contributed by atoms with Crippen LogP contribution in [0.15, 0.2) is 30.5 Å². The Bertz CT molecular complexity index is 785. The van der Waals surface area contributed by atoms with Gasteiger partial charge >= 0.3 is 6.36 Å². The van der Waals surface area contributed by atoms with Crippen LogP contribution in [0.3, 0.4) is 0 Å². The Labute approximate surface area is 139 Å². The smallest absolute Gasteiger partial charge is 0.491 e. The van der Waals surface area contributed by atoms with Gasteiger partial charge in [-0.05, 0) is 17.7 Å². The van der Waals surface area contributed by atoms with Crippen molar-refractivity contribution in [2.45, 2.75) is 18.3 Å². The van der Waals surface area contributed by atoms with Crippen molar-refractivity contribution in [3.05, 3.63) is 52.6 Å². The Morgan fingerprint density at radius 1 is 1.29 bits per heavy atom. The summed E-state index contributed by atoms with van der Waals surface area (Å²) in [6.45, 7) is 0.230. The van der Waals surface area contributed by atoms with Gasteiger partial charge in [0.1, 0.15) is 11.4 Å². The van der Waals surface area contributed by atoms with Gasteiger partial charge in [-0.1, -0.05) is 17.7 Å². The van der Waals surface area contributed by atoms with Gasteiger partial charge in [0, 0.05) is 18.7 Å². The van der Waals surface area contributed by atoms with Crippen LogP contribution in [-0.4, -0.2) is 18.0 Å². The van der Waals surface area contributed by atoms with Crippen LogP contribution in [0.25, 0.3) is 0 Å². The van der Waals surface area contributed by atoms with Gasteiger partial charge in [0.25, 0.3) is 0 Å². The van der Waals surface area contributed by atoms with Crippen LogP contribution in [-0.2, 0) is 5.54 Å². The molecule has 0 saturated carbocycles. The lowest BCUT2D eigenvalue weighted by atomic mass is 9.82. The molecule has 1 aromatic heterocycles. The molecule has 0 saturated heterocycles. The van der Waals surface area contributed by atoms with E-state index >= 15 is 0 Å². The fourth-order valence-corrected chi connectivity index (χ4v) is 2.72. The summed E-state index contributed by atoms with van der Waals surface area (Å²) in [5, 5.41) is 0.345. The van der Waals surface area contributed by atoms with Gasteiger partial charge in [-0.3, -0.25) is 4.98 Å². The summed E-state index contributed by atoms with van der Waals surface area (Å²) in [7, 11) is 0. The zero-order valence-corrected chi connectivity index (χ0v) is 12.8. The molecule has 2 N–H and O–H groups in total. The summed E-state index contributed by atoms with van der Waals surface area (Å²) < 4.78 is 59.8. The molecular weight excluding hydrogens is 352 g/mol. The van der Waals surface area contributed by atoms with Gasteiger partial charge in [-0.25, -0.2) is 4.39 Å². The molecule has 4 nitrogen and oxygen atoms in total. The molecular formula is C15H11ClF4N2O2. The van der Waals surface area contributed by atoms with Gasteiger partial charge in [0.2, 0.25) is 0 Å². The molecule has 1 aliphatic rings. The number of halogens is 5. The third kappa shape index (κ3) is 3.11. The van der Waals surface area contributed by atoms with Gasteiger partial charge in [-0.2, -0.15) is 0 Å². The molecule has 1 aliphatic heterocycles. The number of alkyl halides is 3. The van der Waals surface area contributed by atoms with Crippen molar-refractivity contribution in [2.24, 2.45) is 5.73 Å². The Kier molecular flexibility index (Phi) is 4.05. The molecule has 0 amide bonds. The average Bonchev–Trinajstić information content (AvgIpc) is 2.48. The van der Waals surface area contributed by atoms with Crippen LogP contribution in [0, 0.1) is 5.82 Å². The maximum atomic E-state index is 14.0. The van der Waals surface area contributed by atoms with Crippen molar-refractivity contribution in [3.8, 4) is 11.5 Å². The standard InChI is InChI=1S/C15H11ClF4N2O2/c16-9-6-12-13(22-7-9)14(21,3-4-23-12)8-1-2-11(10(17)5-8)24-15(18,19)20/h1-2,5-7H,3-4,21H2/t14-/m0/s1. The Morgan fingerprint density at radius 2 is 2.04 bits per heavy atom. The van der Waals surface area contributed by atoms with E-state index < -0.39 is 23.5 Å². The topological polar surface area (TPSA) is 57.4 Å². The summed E-state index contributed by atoms with van der Waals surface area (Å²) in [6, 6.07) is 4.60. The number of hydrogen-bond donors (Lipinski definition) is 1. The van der Waals surface area contributed by atoms with E-state index in [0.29, 0.717) is 16.5 Å². The maximum Gasteiger partial charge on any atom is 0.573 e. The van der Waals surface area contributed by atoms with Gasteiger partial charge < -0.3 is 15.2 Å². The molecule has 2 aromatic rings. The molecule has 0 aliphatic carbocycles. The van der Waals surface area contributed by atoms with Crippen LogP contribution in [0.4, 0.5) is 17.6 Å². The van der Waals surface area contributed by atoms with E-state index in [9.17, 15) is 17.6 Å². The van der Waals surface area contributed by atoms with Crippen LogP contribution in [0.2, 0.25) is 5.02 Å². The molecule has 24 heavy (non-hydrogen) atoms. The molecule has 2 heterocycles.